The molecule has 2 heterocycles. The lowest BCUT2D eigenvalue weighted by Gasteiger charge is -2.32. The zero-order valence-corrected chi connectivity index (χ0v) is 10.9. The van der Waals surface area contributed by atoms with Crippen molar-refractivity contribution in [1.82, 2.24) is 15.2 Å². The number of nitrogens with two attached hydrogens (primary N) is 1. The van der Waals surface area contributed by atoms with E-state index < -0.39 is 0 Å². The Morgan fingerprint density at radius 2 is 2.26 bits per heavy atom. The molecule has 1 aliphatic rings. The fourth-order valence-electron chi connectivity index (χ4n) is 2.32. The van der Waals surface area contributed by atoms with Crippen LogP contribution in [0.2, 0.25) is 0 Å². The van der Waals surface area contributed by atoms with Crippen molar-refractivity contribution in [3.8, 4) is 5.75 Å². The summed E-state index contributed by atoms with van der Waals surface area (Å²) in [4.78, 5) is 18.1. The number of amides is 1. The molecule has 104 valence electrons. The quantitative estimate of drug-likeness (QED) is 0.708. The van der Waals surface area contributed by atoms with E-state index in [2.05, 4.69) is 15.2 Å². The lowest BCUT2D eigenvalue weighted by molar-refractivity contribution is 0.0909. The van der Waals surface area contributed by atoms with Gasteiger partial charge in [-0.05, 0) is 18.9 Å². The molecule has 1 aliphatic heterocycles. The molecule has 0 unspecified atom stereocenters. The summed E-state index contributed by atoms with van der Waals surface area (Å²) in [6, 6.07) is 1.68. The predicted octanol–water partition coefficient (Wildman–Crippen LogP) is -0.0599. The normalized spacial score (nSPS) is 17.3. The smallest absolute Gasteiger partial charge is 0.255 e. The first-order valence-electron chi connectivity index (χ1n) is 6.57. The first-order chi connectivity index (χ1) is 9.20. The number of rotatable bonds is 4. The Kier molecular flexibility index (Phi) is 4.70. The molecular formula is C13H20N4O2. The number of hydrogen-bond acceptors (Lipinski definition) is 5. The summed E-state index contributed by atoms with van der Waals surface area (Å²) < 4.78 is 0. The van der Waals surface area contributed by atoms with Gasteiger partial charge in [0.1, 0.15) is 5.75 Å². The monoisotopic (exact) mass is 264 g/mol. The van der Waals surface area contributed by atoms with Crippen LogP contribution in [0.4, 0.5) is 0 Å². The van der Waals surface area contributed by atoms with Gasteiger partial charge in [0.15, 0.2) is 0 Å². The molecule has 1 amide bonds. The molecule has 0 aromatic carbocycles. The van der Waals surface area contributed by atoms with Crippen molar-refractivity contribution in [2.24, 2.45) is 5.73 Å². The van der Waals surface area contributed by atoms with Crippen LogP contribution in [-0.2, 0) is 0 Å². The number of likely N-dealkylation sites (tertiary alicyclic amines) is 1. The van der Waals surface area contributed by atoms with Gasteiger partial charge in [0.05, 0.1) is 11.8 Å². The minimum atomic E-state index is -0.239. The molecule has 0 aliphatic carbocycles. The average molecular weight is 264 g/mol. The number of nitrogens with zero attached hydrogens (tertiary/aromatic N) is 2. The van der Waals surface area contributed by atoms with Crippen LogP contribution in [0.5, 0.6) is 5.75 Å². The number of aromatic hydroxyl groups is 1. The first-order valence-corrected chi connectivity index (χ1v) is 6.57. The van der Waals surface area contributed by atoms with Gasteiger partial charge < -0.3 is 21.1 Å². The van der Waals surface area contributed by atoms with Gasteiger partial charge in [-0.2, -0.15) is 0 Å². The third-order valence-electron chi connectivity index (χ3n) is 3.41. The van der Waals surface area contributed by atoms with Crippen LogP contribution in [0.15, 0.2) is 18.5 Å². The number of hydrogen-bond donors (Lipinski definition) is 3. The molecule has 1 saturated heterocycles. The summed E-state index contributed by atoms with van der Waals surface area (Å²) in [6.45, 7) is 3.47. The van der Waals surface area contributed by atoms with E-state index in [1.54, 1.807) is 0 Å². The van der Waals surface area contributed by atoms with E-state index in [1.165, 1.54) is 18.5 Å². The Morgan fingerprint density at radius 1 is 1.53 bits per heavy atom. The predicted molar refractivity (Wildman–Crippen MR) is 71.9 cm³/mol. The van der Waals surface area contributed by atoms with Crippen LogP contribution >= 0.6 is 0 Å². The number of pyridine rings is 1. The molecule has 19 heavy (non-hydrogen) atoms. The Hall–Kier alpha value is -1.66. The summed E-state index contributed by atoms with van der Waals surface area (Å²) in [5.74, 6) is -0.322. The third-order valence-corrected chi connectivity index (χ3v) is 3.41. The van der Waals surface area contributed by atoms with Gasteiger partial charge in [-0.1, -0.05) is 0 Å². The van der Waals surface area contributed by atoms with Gasteiger partial charge >= 0.3 is 0 Å². The number of carbonyl (C=O) groups excluding carboxylic acids is 1. The van der Waals surface area contributed by atoms with Crippen molar-refractivity contribution in [3.63, 3.8) is 0 Å². The van der Waals surface area contributed by atoms with Crippen molar-refractivity contribution in [3.05, 3.63) is 24.0 Å². The molecule has 4 N–H and O–H groups in total. The van der Waals surface area contributed by atoms with Crippen LogP contribution in [0.3, 0.4) is 0 Å². The van der Waals surface area contributed by atoms with Gasteiger partial charge in [-0.3, -0.25) is 9.78 Å². The van der Waals surface area contributed by atoms with Crippen molar-refractivity contribution in [2.45, 2.75) is 18.9 Å². The summed E-state index contributed by atoms with van der Waals surface area (Å²) in [5.41, 5.74) is 5.80. The minimum absolute atomic E-state index is 0.0828. The van der Waals surface area contributed by atoms with Crippen LogP contribution in [0, 0.1) is 0 Å². The van der Waals surface area contributed by atoms with Gasteiger partial charge in [-0.25, -0.2) is 0 Å². The van der Waals surface area contributed by atoms with E-state index >= 15 is 0 Å². The standard InChI is InChI=1S/C13H20N4O2/c14-4-8-17-6-2-10(3-7-17)16-13(19)11-1-5-15-9-12(11)18/h1,5,9-10,18H,2-4,6-8,14H2,(H,16,19). The number of carbonyl (C=O) groups is 1. The molecule has 6 heteroatoms. The van der Waals surface area contributed by atoms with E-state index in [0.29, 0.717) is 6.54 Å². The Balaban J connectivity index is 1.86. The molecule has 0 atom stereocenters. The van der Waals surface area contributed by atoms with Gasteiger partial charge in [0.2, 0.25) is 0 Å². The number of nitrogens with one attached hydrogen (secondary N) is 1. The molecule has 0 radical (unpaired) electrons. The maximum Gasteiger partial charge on any atom is 0.255 e. The summed E-state index contributed by atoms with van der Waals surface area (Å²) >= 11 is 0. The Morgan fingerprint density at radius 3 is 2.89 bits per heavy atom. The molecule has 1 fully saturated rings. The number of piperidine rings is 1. The largest absolute Gasteiger partial charge is 0.505 e. The van der Waals surface area contributed by atoms with Gasteiger partial charge in [0, 0.05) is 38.4 Å². The lowest BCUT2D eigenvalue weighted by atomic mass is 10.0. The van der Waals surface area contributed by atoms with Crippen molar-refractivity contribution in [2.75, 3.05) is 26.2 Å². The van der Waals surface area contributed by atoms with E-state index in [1.807, 2.05) is 0 Å². The Labute approximate surface area is 112 Å². The molecule has 0 bridgehead atoms. The molecule has 2 rings (SSSR count). The maximum absolute atomic E-state index is 12.0. The SMILES string of the molecule is NCCN1CCC(NC(=O)c2ccncc2O)CC1. The maximum atomic E-state index is 12.0. The topological polar surface area (TPSA) is 91.5 Å². The second-order valence-corrected chi connectivity index (χ2v) is 4.77. The van der Waals surface area contributed by atoms with Crippen LogP contribution in [0.1, 0.15) is 23.2 Å². The molecule has 6 nitrogen and oxygen atoms in total. The average Bonchev–Trinajstić information content (AvgIpc) is 2.42. The van der Waals surface area contributed by atoms with E-state index in [0.717, 1.165) is 32.5 Å². The molecule has 1 aromatic rings. The summed E-state index contributed by atoms with van der Waals surface area (Å²) in [6.07, 6.45) is 4.60. The van der Waals surface area contributed by atoms with Crippen molar-refractivity contribution < 1.29 is 9.90 Å². The van der Waals surface area contributed by atoms with Crippen molar-refractivity contribution in [1.29, 1.82) is 0 Å². The fourth-order valence-corrected chi connectivity index (χ4v) is 2.32. The second kappa shape index (κ2) is 6.49. The van der Waals surface area contributed by atoms with Crippen molar-refractivity contribution >= 4 is 5.91 Å². The zero-order chi connectivity index (χ0) is 13.7. The number of aromatic nitrogens is 1. The summed E-state index contributed by atoms with van der Waals surface area (Å²) in [7, 11) is 0. The highest BCUT2D eigenvalue weighted by Crippen LogP contribution is 2.15. The molecule has 1 aromatic heterocycles. The lowest BCUT2D eigenvalue weighted by Crippen LogP contribution is -2.45. The van der Waals surface area contributed by atoms with E-state index in [9.17, 15) is 9.90 Å². The molecule has 0 saturated carbocycles. The second-order valence-electron chi connectivity index (χ2n) is 4.77. The fraction of sp³-hybridized carbons (Fsp3) is 0.538. The highest BCUT2D eigenvalue weighted by molar-refractivity contribution is 5.96. The van der Waals surface area contributed by atoms with Crippen LogP contribution in [0.25, 0.3) is 0 Å². The van der Waals surface area contributed by atoms with Gasteiger partial charge in [-0.15, -0.1) is 0 Å². The van der Waals surface area contributed by atoms with E-state index in [-0.39, 0.29) is 23.3 Å². The van der Waals surface area contributed by atoms with Crippen LogP contribution < -0.4 is 11.1 Å². The highest BCUT2D eigenvalue weighted by Gasteiger charge is 2.21. The van der Waals surface area contributed by atoms with Crippen LogP contribution in [-0.4, -0.2) is 53.1 Å². The zero-order valence-electron chi connectivity index (χ0n) is 10.9. The highest BCUT2D eigenvalue weighted by atomic mass is 16.3. The van der Waals surface area contributed by atoms with Gasteiger partial charge in [0.25, 0.3) is 5.91 Å². The first kappa shape index (κ1) is 13.8. The molecule has 0 spiro atoms. The van der Waals surface area contributed by atoms with E-state index in [4.69, 9.17) is 5.73 Å². The third kappa shape index (κ3) is 3.65. The summed E-state index contributed by atoms with van der Waals surface area (Å²) in [5, 5.41) is 12.5. The molecular weight excluding hydrogens is 244 g/mol. The Bertz CT molecular complexity index is 430. The minimum Gasteiger partial charge on any atom is -0.505 e.